The lowest BCUT2D eigenvalue weighted by Crippen LogP contribution is -2.58. The Morgan fingerprint density at radius 2 is 1.95 bits per heavy atom. The molecule has 1 atom stereocenters. The van der Waals surface area contributed by atoms with Crippen LogP contribution in [0, 0.1) is 0 Å². The minimum absolute atomic E-state index is 0.234. The van der Waals surface area contributed by atoms with Crippen molar-refractivity contribution in [3.8, 4) is 0 Å². The summed E-state index contributed by atoms with van der Waals surface area (Å²) < 4.78 is 1.89. The molecule has 0 aliphatic carbocycles. The van der Waals surface area contributed by atoms with Gasteiger partial charge in [-0.3, -0.25) is 4.68 Å². The van der Waals surface area contributed by atoms with Crippen molar-refractivity contribution in [2.75, 3.05) is 20.6 Å². The molecule has 0 aliphatic rings. The molecule has 1 unspecified atom stereocenters. The van der Waals surface area contributed by atoms with Gasteiger partial charge in [-0.05, 0) is 58.3 Å². The van der Waals surface area contributed by atoms with Crippen LogP contribution < -0.4 is 5.32 Å². The van der Waals surface area contributed by atoms with Gasteiger partial charge >= 0.3 is 0 Å². The summed E-state index contributed by atoms with van der Waals surface area (Å²) in [5.41, 5.74) is 1.57. The van der Waals surface area contributed by atoms with Crippen LogP contribution in [0.3, 0.4) is 0 Å². The molecule has 0 saturated heterocycles. The van der Waals surface area contributed by atoms with Gasteiger partial charge < -0.3 is 10.2 Å². The molecule has 4 nitrogen and oxygen atoms in total. The molecule has 0 aliphatic heterocycles. The SMILES string of the molecule is CCCNC(CCc1cnn(C)c1)C(CC)(CC)N(C)C. The Labute approximate surface area is 130 Å². The van der Waals surface area contributed by atoms with Gasteiger partial charge in [0.1, 0.15) is 0 Å². The van der Waals surface area contributed by atoms with Crippen LogP contribution in [0.4, 0.5) is 0 Å². The molecule has 0 fully saturated rings. The summed E-state index contributed by atoms with van der Waals surface area (Å²) in [5, 5.41) is 8.08. The van der Waals surface area contributed by atoms with Crippen molar-refractivity contribution in [2.45, 2.75) is 64.5 Å². The number of hydrogen-bond acceptors (Lipinski definition) is 3. The molecule has 1 rings (SSSR count). The minimum atomic E-state index is 0.234. The highest BCUT2D eigenvalue weighted by atomic mass is 15.2. The summed E-state index contributed by atoms with van der Waals surface area (Å²) in [4.78, 5) is 2.42. The lowest BCUT2D eigenvalue weighted by Gasteiger charge is -2.46. The van der Waals surface area contributed by atoms with E-state index in [1.165, 1.54) is 24.8 Å². The Bertz CT molecular complexity index is 393. The summed E-state index contributed by atoms with van der Waals surface area (Å²) >= 11 is 0. The Morgan fingerprint density at radius 1 is 1.29 bits per heavy atom. The minimum Gasteiger partial charge on any atom is -0.312 e. The summed E-state index contributed by atoms with van der Waals surface area (Å²) in [6.07, 6.45) is 9.89. The first kappa shape index (κ1) is 18.2. The molecule has 1 N–H and O–H groups in total. The van der Waals surface area contributed by atoms with Crippen LogP contribution in [0.25, 0.3) is 0 Å². The highest BCUT2D eigenvalue weighted by Crippen LogP contribution is 2.28. The second kappa shape index (κ2) is 8.54. The normalized spacial score (nSPS) is 13.9. The van der Waals surface area contributed by atoms with E-state index in [4.69, 9.17) is 0 Å². The number of aryl methyl sites for hydroxylation is 2. The van der Waals surface area contributed by atoms with Crippen LogP contribution in [0.1, 0.15) is 52.0 Å². The van der Waals surface area contributed by atoms with E-state index >= 15 is 0 Å². The summed E-state index contributed by atoms with van der Waals surface area (Å²) in [5.74, 6) is 0. The average Bonchev–Trinajstić information content (AvgIpc) is 2.88. The van der Waals surface area contributed by atoms with E-state index in [0.29, 0.717) is 6.04 Å². The zero-order chi connectivity index (χ0) is 15.9. The zero-order valence-corrected chi connectivity index (χ0v) is 14.8. The molecule has 21 heavy (non-hydrogen) atoms. The standard InChI is InChI=1S/C17H34N4/c1-7-12-18-16(17(8-2,9-3)20(4)5)11-10-15-13-19-21(6)14-15/h13-14,16,18H,7-12H2,1-6H3. The van der Waals surface area contributed by atoms with E-state index < -0.39 is 0 Å². The highest BCUT2D eigenvalue weighted by molar-refractivity contribution is 5.06. The van der Waals surface area contributed by atoms with Crippen LogP contribution in [-0.2, 0) is 13.5 Å². The molecule has 1 heterocycles. The molecule has 0 aromatic carbocycles. The quantitative estimate of drug-likeness (QED) is 0.720. The van der Waals surface area contributed by atoms with Crippen molar-refractivity contribution in [1.82, 2.24) is 20.0 Å². The number of rotatable bonds is 10. The Balaban J connectivity index is 2.82. The molecule has 0 radical (unpaired) electrons. The first-order valence-corrected chi connectivity index (χ1v) is 8.38. The molecular weight excluding hydrogens is 260 g/mol. The van der Waals surface area contributed by atoms with Crippen LogP contribution in [0.5, 0.6) is 0 Å². The van der Waals surface area contributed by atoms with Gasteiger partial charge in [0.25, 0.3) is 0 Å². The van der Waals surface area contributed by atoms with E-state index in [9.17, 15) is 0 Å². The largest absolute Gasteiger partial charge is 0.312 e. The molecule has 1 aromatic rings. The number of aromatic nitrogens is 2. The molecular formula is C17H34N4. The van der Waals surface area contributed by atoms with E-state index in [1.807, 2.05) is 17.9 Å². The van der Waals surface area contributed by atoms with Gasteiger partial charge in [-0.15, -0.1) is 0 Å². The van der Waals surface area contributed by atoms with E-state index in [2.05, 4.69) is 56.4 Å². The molecule has 0 spiro atoms. The monoisotopic (exact) mass is 294 g/mol. The Kier molecular flexibility index (Phi) is 7.40. The molecule has 0 amide bonds. The maximum Gasteiger partial charge on any atom is 0.0521 e. The lowest BCUT2D eigenvalue weighted by molar-refractivity contribution is 0.0842. The predicted molar refractivity (Wildman–Crippen MR) is 90.6 cm³/mol. The molecule has 0 bridgehead atoms. The summed E-state index contributed by atoms with van der Waals surface area (Å²) in [7, 11) is 6.42. The van der Waals surface area contributed by atoms with E-state index in [0.717, 1.165) is 19.4 Å². The van der Waals surface area contributed by atoms with Crippen molar-refractivity contribution in [3.05, 3.63) is 18.0 Å². The third-order valence-electron chi connectivity index (χ3n) is 4.88. The highest BCUT2D eigenvalue weighted by Gasteiger charge is 2.37. The fourth-order valence-electron chi connectivity index (χ4n) is 3.48. The number of nitrogens with zero attached hydrogens (tertiary/aromatic N) is 3. The molecule has 1 aromatic heterocycles. The molecule has 0 saturated carbocycles. The zero-order valence-electron chi connectivity index (χ0n) is 14.8. The average molecular weight is 294 g/mol. The summed E-state index contributed by atoms with van der Waals surface area (Å²) in [6, 6.07) is 0.516. The van der Waals surface area contributed by atoms with Crippen LogP contribution in [0.15, 0.2) is 12.4 Å². The maximum atomic E-state index is 4.28. The van der Waals surface area contributed by atoms with Crippen molar-refractivity contribution < 1.29 is 0 Å². The van der Waals surface area contributed by atoms with Crippen molar-refractivity contribution in [2.24, 2.45) is 7.05 Å². The molecule has 122 valence electrons. The second-order valence-electron chi connectivity index (χ2n) is 6.27. The van der Waals surface area contributed by atoms with Gasteiger partial charge in [0.2, 0.25) is 0 Å². The Hall–Kier alpha value is -0.870. The number of nitrogens with one attached hydrogen (secondary N) is 1. The van der Waals surface area contributed by atoms with Gasteiger partial charge in [-0.1, -0.05) is 20.8 Å². The Morgan fingerprint density at radius 3 is 2.38 bits per heavy atom. The van der Waals surface area contributed by atoms with Gasteiger partial charge in [0, 0.05) is 24.8 Å². The fraction of sp³-hybridized carbons (Fsp3) is 0.824. The third kappa shape index (κ3) is 4.55. The van der Waals surface area contributed by atoms with Crippen molar-refractivity contribution >= 4 is 0 Å². The second-order valence-corrected chi connectivity index (χ2v) is 6.27. The van der Waals surface area contributed by atoms with Gasteiger partial charge in [0.15, 0.2) is 0 Å². The summed E-state index contributed by atoms with van der Waals surface area (Å²) in [6.45, 7) is 7.95. The molecule has 4 heteroatoms. The van der Waals surface area contributed by atoms with Gasteiger partial charge in [-0.2, -0.15) is 5.10 Å². The van der Waals surface area contributed by atoms with E-state index in [1.54, 1.807) is 0 Å². The van der Waals surface area contributed by atoms with Crippen LogP contribution in [0.2, 0.25) is 0 Å². The smallest absolute Gasteiger partial charge is 0.0521 e. The van der Waals surface area contributed by atoms with E-state index in [-0.39, 0.29) is 5.54 Å². The third-order valence-corrected chi connectivity index (χ3v) is 4.88. The first-order chi connectivity index (χ1) is 10.00. The van der Waals surface area contributed by atoms with Crippen LogP contribution in [-0.4, -0.2) is 46.9 Å². The van der Waals surface area contributed by atoms with Gasteiger partial charge in [-0.25, -0.2) is 0 Å². The lowest BCUT2D eigenvalue weighted by atomic mass is 9.80. The van der Waals surface area contributed by atoms with Crippen molar-refractivity contribution in [1.29, 1.82) is 0 Å². The van der Waals surface area contributed by atoms with Crippen molar-refractivity contribution in [3.63, 3.8) is 0 Å². The van der Waals surface area contributed by atoms with Crippen LogP contribution >= 0.6 is 0 Å². The topological polar surface area (TPSA) is 33.1 Å². The maximum absolute atomic E-state index is 4.28. The number of likely N-dealkylation sites (N-methyl/N-ethyl adjacent to an activating group) is 1. The first-order valence-electron chi connectivity index (χ1n) is 8.38. The predicted octanol–water partition coefficient (Wildman–Crippen LogP) is 2.84. The number of hydrogen-bond donors (Lipinski definition) is 1. The van der Waals surface area contributed by atoms with Gasteiger partial charge in [0.05, 0.1) is 6.20 Å². The fourth-order valence-corrected chi connectivity index (χ4v) is 3.48.